The molecule has 160 valence electrons. The minimum atomic E-state index is -3.17. The first-order valence-electron chi connectivity index (χ1n) is 9.37. The Hall–Kier alpha value is -1.82. The molecule has 2 aliphatic rings. The van der Waals surface area contributed by atoms with Gasteiger partial charge in [-0.15, -0.1) is 0 Å². The Balaban J connectivity index is 1.66. The summed E-state index contributed by atoms with van der Waals surface area (Å²) in [6.45, 7) is 1.33. The first-order chi connectivity index (χ1) is 13.5. The van der Waals surface area contributed by atoms with Crippen LogP contribution in [0.5, 0.6) is 0 Å². The highest BCUT2D eigenvalue weighted by molar-refractivity contribution is 7.91. The third kappa shape index (κ3) is 6.08. The third-order valence-corrected chi connectivity index (χ3v) is 8.64. The minimum Gasteiger partial charge on any atom is -0.325 e. The number of nitrogens with zero attached hydrogens (tertiary/aromatic N) is 1. The van der Waals surface area contributed by atoms with Crippen molar-refractivity contribution in [2.75, 3.05) is 34.9 Å². The predicted octanol–water partition coefficient (Wildman–Crippen LogP) is 0.00850. The molecule has 2 N–H and O–H groups in total. The van der Waals surface area contributed by atoms with E-state index in [2.05, 4.69) is 10.7 Å². The van der Waals surface area contributed by atoms with Crippen LogP contribution in [-0.4, -0.2) is 75.2 Å². The summed E-state index contributed by atoms with van der Waals surface area (Å²) >= 11 is 0. The summed E-state index contributed by atoms with van der Waals surface area (Å²) in [6, 6.07) is 5.73. The Morgan fingerprint density at radius 3 is 2.14 bits per heavy atom. The van der Waals surface area contributed by atoms with Gasteiger partial charge in [-0.2, -0.15) is 0 Å². The molecule has 2 atom stereocenters. The number of benzene rings is 1. The van der Waals surface area contributed by atoms with E-state index >= 15 is 0 Å². The SMILES string of the molecule is CC(=O)c1ccc(NC(=O)CN(NC2CCS(=O)(=O)C2)C2CCS(=O)(=O)C2)cc1. The van der Waals surface area contributed by atoms with Gasteiger partial charge in [0, 0.05) is 23.3 Å². The molecule has 2 aliphatic heterocycles. The standard InChI is InChI=1S/C18H25N3O6S2/c1-13(22)14-2-4-15(5-3-14)19-18(23)10-21(17-7-9-29(26,27)12-17)20-16-6-8-28(24,25)11-16/h2-5,16-17,20H,6-12H2,1H3,(H,19,23). The van der Waals surface area contributed by atoms with Crippen LogP contribution in [0.3, 0.4) is 0 Å². The van der Waals surface area contributed by atoms with Crippen molar-refractivity contribution in [2.45, 2.75) is 31.8 Å². The first kappa shape index (κ1) is 21.9. The first-order valence-corrected chi connectivity index (χ1v) is 13.0. The number of nitrogens with one attached hydrogen (secondary N) is 2. The van der Waals surface area contributed by atoms with Crippen molar-refractivity contribution in [3.8, 4) is 0 Å². The lowest BCUT2D eigenvalue weighted by Gasteiger charge is -2.30. The number of hydrogen-bond acceptors (Lipinski definition) is 8. The Morgan fingerprint density at radius 1 is 1.00 bits per heavy atom. The number of hydrogen-bond donors (Lipinski definition) is 2. The van der Waals surface area contributed by atoms with Crippen molar-refractivity contribution < 1.29 is 26.4 Å². The molecule has 2 unspecified atom stereocenters. The van der Waals surface area contributed by atoms with Crippen LogP contribution in [0.1, 0.15) is 30.1 Å². The maximum Gasteiger partial charge on any atom is 0.240 e. The van der Waals surface area contributed by atoms with Crippen LogP contribution in [0.2, 0.25) is 0 Å². The molecule has 1 aromatic carbocycles. The lowest BCUT2D eigenvalue weighted by Crippen LogP contribution is -2.54. The highest BCUT2D eigenvalue weighted by Gasteiger charge is 2.36. The Kier molecular flexibility index (Phi) is 6.42. The van der Waals surface area contributed by atoms with E-state index in [4.69, 9.17) is 0 Å². The third-order valence-electron chi connectivity index (χ3n) is 5.12. The van der Waals surface area contributed by atoms with Gasteiger partial charge in [-0.1, -0.05) is 0 Å². The molecule has 0 bridgehead atoms. The van der Waals surface area contributed by atoms with Crippen LogP contribution in [0.25, 0.3) is 0 Å². The minimum absolute atomic E-state index is 0.0307. The number of carbonyl (C=O) groups is 2. The molecule has 11 heteroatoms. The van der Waals surface area contributed by atoms with Crippen molar-refractivity contribution in [3.63, 3.8) is 0 Å². The smallest absolute Gasteiger partial charge is 0.240 e. The second kappa shape index (κ2) is 8.50. The summed E-state index contributed by atoms with van der Waals surface area (Å²) in [5.74, 6) is -0.411. The Morgan fingerprint density at radius 2 is 1.62 bits per heavy atom. The van der Waals surface area contributed by atoms with E-state index in [1.807, 2.05) is 0 Å². The van der Waals surface area contributed by atoms with Gasteiger partial charge in [-0.3, -0.25) is 15.0 Å². The number of amides is 1. The molecule has 0 spiro atoms. The normalized spacial score (nSPS) is 25.2. The second-order valence-electron chi connectivity index (χ2n) is 7.60. The molecular weight excluding hydrogens is 418 g/mol. The van der Waals surface area contributed by atoms with Crippen molar-refractivity contribution in [1.29, 1.82) is 0 Å². The molecule has 2 heterocycles. The summed E-state index contributed by atoms with van der Waals surface area (Å²) in [4.78, 5) is 23.9. The number of sulfone groups is 2. The van der Waals surface area contributed by atoms with Gasteiger partial charge in [0.1, 0.15) is 0 Å². The highest BCUT2D eigenvalue weighted by Crippen LogP contribution is 2.19. The van der Waals surface area contributed by atoms with Crippen molar-refractivity contribution in [1.82, 2.24) is 10.4 Å². The summed E-state index contributed by atoms with van der Waals surface area (Å²) < 4.78 is 47.2. The molecule has 0 radical (unpaired) electrons. The fourth-order valence-electron chi connectivity index (χ4n) is 3.58. The Bertz CT molecular complexity index is 989. The van der Waals surface area contributed by atoms with Crippen LogP contribution >= 0.6 is 0 Å². The van der Waals surface area contributed by atoms with Gasteiger partial charge in [0.05, 0.1) is 29.6 Å². The van der Waals surface area contributed by atoms with Crippen LogP contribution in [0, 0.1) is 0 Å². The zero-order valence-corrected chi connectivity index (χ0v) is 17.8. The summed E-state index contributed by atoms with van der Waals surface area (Å²) in [6.07, 6.45) is 0.807. The lowest BCUT2D eigenvalue weighted by molar-refractivity contribution is -0.118. The van der Waals surface area contributed by atoms with Gasteiger partial charge < -0.3 is 5.32 Å². The molecule has 3 rings (SSSR count). The summed E-state index contributed by atoms with van der Waals surface area (Å²) in [7, 11) is -6.28. The number of rotatable bonds is 7. The van der Waals surface area contributed by atoms with Crippen LogP contribution in [0.4, 0.5) is 5.69 Å². The molecular formula is C18H25N3O6S2. The van der Waals surface area contributed by atoms with Gasteiger partial charge >= 0.3 is 0 Å². The monoisotopic (exact) mass is 443 g/mol. The van der Waals surface area contributed by atoms with Gasteiger partial charge in [0.25, 0.3) is 0 Å². The predicted molar refractivity (Wildman–Crippen MR) is 109 cm³/mol. The quantitative estimate of drug-likeness (QED) is 0.445. The molecule has 1 amide bonds. The van der Waals surface area contributed by atoms with E-state index in [-0.39, 0.29) is 47.3 Å². The number of ketones is 1. The summed E-state index contributed by atoms with van der Waals surface area (Å²) in [5, 5.41) is 4.29. The van der Waals surface area contributed by atoms with E-state index in [0.717, 1.165) is 0 Å². The number of carbonyl (C=O) groups excluding carboxylic acids is 2. The molecule has 29 heavy (non-hydrogen) atoms. The van der Waals surface area contributed by atoms with E-state index in [9.17, 15) is 26.4 Å². The average Bonchev–Trinajstić information content (AvgIpc) is 3.15. The second-order valence-corrected chi connectivity index (χ2v) is 12.1. The maximum atomic E-state index is 12.5. The molecule has 0 aromatic heterocycles. The summed E-state index contributed by atoms with van der Waals surface area (Å²) in [5.41, 5.74) is 4.12. The maximum absolute atomic E-state index is 12.5. The van der Waals surface area contributed by atoms with Crippen molar-refractivity contribution >= 4 is 37.1 Å². The molecule has 0 aliphatic carbocycles. The van der Waals surface area contributed by atoms with E-state index in [0.29, 0.717) is 24.1 Å². The number of hydrazine groups is 1. The lowest BCUT2D eigenvalue weighted by atomic mass is 10.1. The number of Topliss-reactive ketones (excluding diaryl/α,β-unsaturated/α-hetero) is 1. The zero-order valence-electron chi connectivity index (χ0n) is 16.1. The van der Waals surface area contributed by atoms with E-state index in [1.165, 1.54) is 6.92 Å². The molecule has 9 nitrogen and oxygen atoms in total. The van der Waals surface area contributed by atoms with Crippen LogP contribution < -0.4 is 10.7 Å². The van der Waals surface area contributed by atoms with Crippen molar-refractivity contribution in [2.24, 2.45) is 0 Å². The average molecular weight is 444 g/mol. The van der Waals surface area contributed by atoms with Crippen LogP contribution in [0.15, 0.2) is 24.3 Å². The van der Waals surface area contributed by atoms with E-state index in [1.54, 1.807) is 29.3 Å². The molecule has 1 aromatic rings. The van der Waals surface area contributed by atoms with Gasteiger partial charge in [-0.05, 0) is 44.0 Å². The topological polar surface area (TPSA) is 130 Å². The van der Waals surface area contributed by atoms with Gasteiger partial charge in [0.15, 0.2) is 25.5 Å². The largest absolute Gasteiger partial charge is 0.325 e. The fraction of sp³-hybridized carbons (Fsp3) is 0.556. The highest BCUT2D eigenvalue weighted by atomic mass is 32.2. The zero-order chi connectivity index (χ0) is 21.2. The molecule has 0 saturated carbocycles. The Labute approximate surface area is 170 Å². The van der Waals surface area contributed by atoms with Gasteiger partial charge in [0.2, 0.25) is 5.91 Å². The van der Waals surface area contributed by atoms with Crippen molar-refractivity contribution in [3.05, 3.63) is 29.8 Å². The van der Waals surface area contributed by atoms with Crippen LogP contribution in [-0.2, 0) is 24.5 Å². The van der Waals surface area contributed by atoms with Gasteiger partial charge in [-0.25, -0.2) is 21.8 Å². The fourth-order valence-corrected chi connectivity index (χ4v) is 6.97. The number of anilines is 1. The van der Waals surface area contributed by atoms with E-state index < -0.39 is 25.7 Å². The molecule has 2 saturated heterocycles. The molecule has 2 fully saturated rings.